The van der Waals surface area contributed by atoms with Crippen LogP contribution in [-0.2, 0) is 4.79 Å². The minimum absolute atomic E-state index is 0.0488. The molecule has 0 heterocycles. The number of aliphatic hydroxyl groups is 1. The second-order valence-corrected chi connectivity index (χ2v) is 6.09. The van der Waals surface area contributed by atoms with Crippen LogP contribution in [0.3, 0.4) is 0 Å². The van der Waals surface area contributed by atoms with Crippen LogP contribution in [0.1, 0.15) is 52.4 Å². The average molecular weight is 222 g/mol. The summed E-state index contributed by atoms with van der Waals surface area (Å²) in [6.07, 6.45) is 4.72. The predicted octanol–water partition coefficient (Wildman–Crippen LogP) is 2.85. The molecule has 0 spiro atoms. The molecule has 0 aliphatic heterocycles. The molecule has 0 bridgehead atoms. The molecule has 2 aliphatic rings. The third-order valence-electron chi connectivity index (χ3n) is 4.89. The fourth-order valence-corrected chi connectivity index (χ4v) is 3.38. The summed E-state index contributed by atoms with van der Waals surface area (Å²) in [7, 11) is 0. The quantitative estimate of drug-likeness (QED) is 0.693. The number of ketones is 1. The van der Waals surface area contributed by atoms with Gasteiger partial charge in [-0.05, 0) is 43.9 Å². The zero-order chi connectivity index (χ0) is 12.0. The Bertz CT molecular complexity index is 334. The van der Waals surface area contributed by atoms with Crippen LogP contribution in [0.25, 0.3) is 0 Å². The molecule has 1 N–H and O–H groups in total. The van der Waals surface area contributed by atoms with Crippen LogP contribution in [0.5, 0.6) is 0 Å². The molecule has 0 unspecified atom stereocenters. The lowest BCUT2D eigenvalue weighted by Crippen LogP contribution is -2.55. The predicted molar refractivity (Wildman–Crippen MR) is 64.1 cm³/mol. The van der Waals surface area contributed by atoms with Gasteiger partial charge in [0.2, 0.25) is 0 Å². The number of hydrogen-bond acceptors (Lipinski definition) is 2. The zero-order valence-electron chi connectivity index (χ0n) is 10.4. The van der Waals surface area contributed by atoms with E-state index < -0.39 is 5.60 Å². The van der Waals surface area contributed by atoms with Crippen molar-refractivity contribution in [2.75, 3.05) is 0 Å². The largest absolute Gasteiger partial charge is 0.389 e. The summed E-state index contributed by atoms with van der Waals surface area (Å²) in [6, 6.07) is 0. The van der Waals surface area contributed by atoms with Crippen LogP contribution in [0.4, 0.5) is 0 Å². The third kappa shape index (κ3) is 1.73. The maximum absolute atomic E-state index is 11.6. The van der Waals surface area contributed by atoms with Gasteiger partial charge in [0, 0.05) is 12.8 Å². The molecule has 16 heavy (non-hydrogen) atoms. The van der Waals surface area contributed by atoms with Crippen molar-refractivity contribution in [2.45, 2.75) is 58.0 Å². The van der Waals surface area contributed by atoms with Gasteiger partial charge in [0.25, 0.3) is 0 Å². The lowest BCUT2D eigenvalue weighted by Gasteiger charge is -2.53. The first-order valence-electron chi connectivity index (χ1n) is 6.26. The molecule has 2 nitrogen and oxygen atoms in total. The number of Topliss-reactive ketones (excluding diaryl/α,β-unsaturated/α-hetero) is 1. The van der Waals surface area contributed by atoms with Gasteiger partial charge in [-0.1, -0.05) is 19.1 Å². The molecule has 0 amide bonds. The van der Waals surface area contributed by atoms with Gasteiger partial charge in [0.05, 0.1) is 5.60 Å². The summed E-state index contributed by atoms with van der Waals surface area (Å²) in [5.41, 5.74) is 0.324. The van der Waals surface area contributed by atoms with Gasteiger partial charge >= 0.3 is 0 Å². The van der Waals surface area contributed by atoms with Crippen molar-refractivity contribution in [2.24, 2.45) is 11.3 Å². The smallest absolute Gasteiger partial charge is 0.135 e. The molecule has 0 aromatic heterocycles. The maximum atomic E-state index is 11.6. The molecule has 3 atom stereocenters. The highest BCUT2D eigenvalue weighted by molar-refractivity contribution is 5.80. The Morgan fingerprint density at radius 2 is 2.19 bits per heavy atom. The van der Waals surface area contributed by atoms with E-state index >= 15 is 0 Å². The minimum Gasteiger partial charge on any atom is -0.389 e. The summed E-state index contributed by atoms with van der Waals surface area (Å²) in [5, 5.41) is 10.8. The molecule has 0 aromatic carbocycles. The fraction of sp³-hybridized carbons (Fsp3) is 0.786. The lowest BCUT2D eigenvalue weighted by atomic mass is 9.54. The van der Waals surface area contributed by atoms with Crippen LogP contribution in [-0.4, -0.2) is 16.5 Å². The molecule has 2 fully saturated rings. The van der Waals surface area contributed by atoms with E-state index in [0.29, 0.717) is 18.8 Å². The second kappa shape index (κ2) is 3.69. The van der Waals surface area contributed by atoms with Gasteiger partial charge < -0.3 is 5.11 Å². The SMILES string of the molecule is C=C(C)[C@@H]1CC[C@]2(C)CCC(=O)C[C@@]2(O)C1. The van der Waals surface area contributed by atoms with Gasteiger partial charge in [0.15, 0.2) is 0 Å². The van der Waals surface area contributed by atoms with Gasteiger partial charge in [-0.15, -0.1) is 0 Å². The third-order valence-corrected chi connectivity index (χ3v) is 4.89. The van der Waals surface area contributed by atoms with Gasteiger partial charge in [-0.25, -0.2) is 0 Å². The van der Waals surface area contributed by atoms with E-state index in [9.17, 15) is 9.90 Å². The van der Waals surface area contributed by atoms with Crippen molar-refractivity contribution in [3.05, 3.63) is 12.2 Å². The molecule has 0 radical (unpaired) electrons. The number of allylic oxidation sites excluding steroid dienone is 1. The molecule has 90 valence electrons. The van der Waals surface area contributed by atoms with Crippen molar-refractivity contribution in [1.82, 2.24) is 0 Å². The number of carbonyl (C=O) groups is 1. The van der Waals surface area contributed by atoms with Crippen molar-refractivity contribution in [1.29, 1.82) is 0 Å². The molecule has 2 saturated carbocycles. The Morgan fingerprint density at radius 3 is 2.81 bits per heavy atom. The summed E-state index contributed by atoms with van der Waals surface area (Å²) < 4.78 is 0. The van der Waals surface area contributed by atoms with E-state index in [1.54, 1.807) is 0 Å². The molecule has 0 aromatic rings. The molecule has 0 saturated heterocycles. The van der Waals surface area contributed by atoms with E-state index in [-0.39, 0.29) is 11.2 Å². The van der Waals surface area contributed by atoms with Crippen molar-refractivity contribution in [3.8, 4) is 0 Å². The summed E-state index contributed by atoms with van der Waals surface area (Å²) in [6.45, 7) is 8.17. The Labute approximate surface area is 97.7 Å². The van der Waals surface area contributed by atoms with Crippen LogP contribution in [0.15, 0.2) is 12.2 Å². The number of hydrogen-bond donors (Lipinski definition) is 1. The summed E-state index contributed by atoms with van der Waals surface area (Å²) >= 11 is 0. The maximum Gasteiger partial charge on any atom is 0.135 e. The average Bonchev–Trinajstić information content (AvgIpc) is 2.18. The van der Waals surface area contributed by atoms with E-state index in [4.69, 9.17) is 0 Å². The van der Waals surface area contributed by atoms with E-state index in [0.717, 1.165) is 31.3 Å². The first-order valence-corrected chi connectivity index (χ1v) is 6.26. The first kappa shape index (κ1) is 11.8. The monoisotopic (exact) mass is 222 g/mol. The van der Waals surface area contributed by atoms with Crippen LogP contribution in [0.2, 0.25) is 0 Å². The van der Waals surface area contributed by atoms with E-state index in [1.165, 1.54) is 0 Å². The van der Waals surface area contributed by atoms with E-state index in [1.807, 2.05) is 6.92 Å². The lowest BCUT2D eigenvalue weighted by molar-refractivity contribution is -0.159. The van der Waals surface area contributed by atoms with Crippen molar-refractivity contribution in [3.63, 3.8) is 0 Å². The topological polar surface area (TPSA) is 37.3 Å². The standard InChI is InChI=1S/C14H22O2/c1-10(2)11-4-6-13(3)7-5-12(15)9-14(13,16)8-11/h11,16H,1,4-9H2,2-3H3/t11-,13-,14+/m1/s1. The molecule has 2 heteroatoms. The number of carbonyl (C=O) groups excluding carboxylic acids is 1. The first-order chi connectivity index (χ1) is 7.36. The van der Waals surface area contributed by atoms with E-state index in [2.05, 4.69) is 13.5 Å². The highest BCUT2D eigenvalue weighted by Crippen LogP contribution is 2.54. The fourth-order valence-electron chi connectivity index (χ4n) is 3.38. The van der Waals surface area contributed by atoms with Gasteiger partial charge in [0.1, 0.15) is 5.78 Å². The summed E-state index contributed by atoms with van der Waals surface area (Å²) in [5.74, 6) is 0.617. The molecule has 2 rings (SSSR count). The Balaban J connectivity index is 2.23. The van der Waals surface area contributed by atoms with Crippen LogP contribution in [0, 0.1) is 11.3 Å². The summed E-state index contributed by atoms with van der Waals surface area (Å²) in [4.78, 5) is 11.6. The second-order valence-electron chi connectivity index (χ2n) is 6.09. The zero-order valence-corrected chi connectivity index (χ0v) is 10.4. The molecular formula is C14H22O2. The van der Waals surface area contributed by atoms with Crippen LogP contribution >= 0.6 is 0 Å². The van der Waals surface area contributed by atoms with Gasteiger partial charge in [-0.2, -0.15) is 0 Å². The Kier molecular flexibility index (Phi) is 2.73. The Morgan fingerprint density at radius 1 is 1.50 bits per heavy atom. The minimum atomic E-state index is -0.774. The van der Waals surface area contributed by atoms with Gasteiger partial charge in [-0.3, -0.25) is 4.79 Å². The van der Waals surface area contributed by atoms with Crippen molar-refractivity contribution < 1.29 is 9.90 Å². The van der Waals surface area contributed by atoms with Crippen LogP contribution < -0.4 is 0 Å². The number of fused-ring (bicyclic) bond motifs is 1. The molecular weight excluding hydrogens is 200 g/mol. The highest BCUT2D eigenvalue weighted by atomic mass is 16.3. The number of rotatable bonds is 1. The highest BCUT2D eigenvalue weighted by Gasteiger charge is 2.53. The normalized spacial score (nSPS) is 43.9. The Hall–Kier alpha value is -0.630. The van der Waals surface area contributed by atoms with Crippen molar-refractivity contribution >= 4 is 5.78 Å². The molecule has 2 aliphatic carbocycles.